The molecular formula is C14H18N2O2. The van der Waals surface area contributed by atoms with E-state index in [-0.39, 0.29) is 17.9 Å². The SMILES string of the molecule is CC(=O)N[C@H]1C(=O)N(C(C)C)c2c(C)cccc21. The molecular weight excluding hydrogens is 228 g/mol. The monoisotopic (exact) mass is 246 g/mol. The first-order valence-electron chi connectivity index (χ1n) is 6.13. The van der Waals surface area contributed by atoms with E-state index in [9.17, 15) is 9.59 Å². The van der Waals surface area contributed by atoms with Crippen molar-refractivity contribution in [3.8, 4) is 0 Å². The molecule has 1 aromatic carbocycles. The lowest BCUT2D eigenvalue weighted by atomic mass is 10.0. The summed E-state index contributed by atoms with van der Waals surface area (Å²) in [6.45, 7) is 7.37. The maximum Gasteiger partial charge on any atom is 0.254 e. The lowest BCUT2D eigenvalue weighted by Gasteiger charge is -2.23. The van der Waals surface area contributed by atoms with Gasteiger partial charge in [0.2, 0.25) is 5.91 Å². The molecule has 4 nitrogen and oxygen atoms in total. The summed E-state index contributed by atoms with van der Waals surface area (Å²) in [4.78, 5) is 25.4. The molecule has 1 N–H and O–H groups in total. The van der Waals surface area contributed by atoms with E-state index in [0.717, 1.165) is 16.8 Å². The Morgan fingerprint density at radius 1 is 1.39 bits per heavy atom. The van der Waals surface area contributed by atoms with Crippen LogP contribution < -0.4 is 10.2 Å². The zero-order valence-electron chi connectivity index (χ0n) is 11.2. The van der Waals surface area contributed by atoms with Crippen LogP contribution in [0.15, 0.2) is 18.2 Å². The molecule has 1 aliphatic rings. The Morgan fingerprint density at radius 3 is 2.61 bits per heavy atom. The van der Waals surface area contributed by atoms with Crippen LogP contribution in [0, 0.1) is 6.92 Å². The Morgan fingerprint density at radius 2 is 2.06 bits per heavy atom. The van der Waals surface area contributed by atoms with Crippen LogP contribution in [-0.4, -0.2) is 17.9 Å². The summed E-state index contributed by atoms with van der Waals surface area (Å²) in [7, 11) is 0. The number of aryl methyl sites for hydroxylation is 1. The van der Waals surface area contributed by atoms with Crippen molar-refractivity contribution in [1.82, 2.24) is 5.32 Å². The second-order valence-electron chi connectivity index (χ2n) is 4.95. The molecule has 96 valence electrons. The van der Waals surface area contributed by atoms with Crippen molar-refractivity contribution in [3.63, 3.8) is 0 Å². The molecule has 2 amide bonds. The van der Waals surface area contributed by atoms with E-state index in [4.69, 9.17) is 0 Å². The molecule has 0 radical (unpaired) electrons. The number of rotatable bonds is 2. The van der Waals surface area contributed by atoms with E-state index in [2.05, 4.69) is 5.32 Å². The predicted octanol–water partition coefficient (Wildman–Crippen LogP) is 1.93. The third kappa shape index (κ3) is 1.88. The largest absolute Gasteiger partial charge is 0.341 e. The fourth-order valence-corrected chi connectivity index (χ4v) is 2.48. The average Bonchev–Trinajstić information content (AvgIpc) is 2.54. The smallest absolute Gasteiger partial charge is 0.254 e. The highest BCUT2D eigenvalue weighted by molar-refractivity contribution is 6.07. The van der Waals surface area contributed by atoms with Crippen molar-refractivity contribution < 1.29 is 9.59 Å². The average molecular weight is 246 g/mol. The Bertz CT molecular complexity index is 509. The Labute approximate surface area is 107 Å². The highest BCUT2D eigenvalue weighted by atomic mass is 16.2. The van der Waals surface area contributed by atoms with Gasteiger partial charge in [-0.15, -0.1) is 0 Å². The molecule has 18 heavy (non-hydrogen) atoms. The van der Waals surface area contributed by atoms with Crippen LogP contribution >= 0.6 is 0 Å². The van der Waals surface area contributed by atoms with Crippen LogP contribution in [0.3, 0.4) is 0 Å². The van der Waals surface area contributed by atoms with Gasteiger partial charge in [0.25, 0.3) is 5.91 Å². The quantitative estimate of drug-likeness (QED) is 0.866. The first-order valence-corrected chi connectivity index (χ1v) is 6.13. The number of benzene rings is 1. The molecule has 0 aliphatic carbocycles. The normalized spacial score (nSPS) is 18.2. The van der Waals surface area contributed by atoms with E-state index in [1.165, 1.54) is 6.92 Å². The lowest BCUT2D eigenvalue weighted by molar-refractivity contribution is -0.126. The molecule has 1 atom stereocenters. The molecule has 1 aliphatic heterocycles. The summed E-state index contributed by atoms with van der Waals surface area (Å²) in [5.74, 6) is -0.240. The minimum absolute atomic E-state index is 0.0514. The number of fused-ring (bicyclic) bond motifs is 1. The van der Waals surface area contributed by atoms with Crippen molar-refractivity contribution in [1.29, 1.82) is 0 Å². The zero-order chi connectivity index (χ0) is 13.4. The molecule has 0 saturated heterocycles. The standard InChI is InChI=1S/C14H18N2O2/c1-8(2)16-13-9(3)6-5-7-11(13)12(14(16)18)15-10(4)17/h5-8,12H,1-4H3,(H,15,17)/t12-/m1/s1. The minimum atomic E-state index is -0.542. The zero-order valence-corrected chi connectivity index (χ0v) is 11.2. The number of carbonyl (C=O) groups is 2. The van der Waals surface area contributed by atoms with Gasteiger partial charge in [0, 0.05) is 18.5 Å². The number of hydrogen-bond acceptors (Lipinski definition) is 2. The predicted molar refractivity (Wildman–Crippen MR) is 70.4 cm³/mol. The van der Waals surface area contributed by atoms with Crippen LogP contribution in [0.4, 0.5) is 5.69 Å². The van der Waals surface area contributed by atoms with Crippen molar-refractivity contribution in [2.45, 2.75) is 39.8 Å². The number of nitrogens with one attached hydrogen (secondary N) is 1. The molecule has 0 saturated carbocycles. The Hall–Kier alpha value is -1.84. The second kappa shape index (κ2) is 4.44. The Balaban J connectivity index is 2.54. The molecule has 1 heterocycles. The Kier molecular flexibility index (Phi) is 3.11. The number of nitrogens with zero attached hydrogens (tertiary/aromatic N) is 1. The molecule has 0 spiro atoms. The molecule has 4 heteroatoms. The van der Waals surface area contributed by atoms with E-state index < -0.39 is 6.04 Å². The number of carbonyl (C=O) groups excluding carboxylic acids is 2. The van der Waals surface area contributed by atoms with Crippen LogP contribution in [0.1, 0.15) is 37.9 Å². The van der Waals surface area contributed by atoms with Crippen LogP contribution in [0.25, 0.3) is 0 Å². The number of hydrogen-bond donors (Lipinski definition) is 1. The molecule has 1 aromatic rings. The van der Waals surface area contributed by atoms with E-state index in [1.54, 1.807) is 4.90 Å². The molecule has 0 aromatic heterocycles. The summed E-state index contributed by atoms with van der Waals surface area (Å²) in [6.07, 6.45) is 0. The van der Waals surface area contributed by atoms with Crippen molar-refractivity contribution in [3.05, 3.63) is 29.3 Å². The van der Waals surface area contributed by atoms with Gasteiger partial charge in [0.1, 0.15) is 6.04 Å². The van der Waals surface area contributed by atoms with Gasteiger partial charge >= 0.3 is 0 Å². The van der Waals surface area contributed by atoms with Gasteiger partial charge in [0.15, 0.2) is 0 Å². The summed E-state index contributed by atoms with van der Waals surface area (Å²) in [5, 5.41) is 2.73. The molecule has 0 bridgehead atoms. The number of anilines is 1. The molecule has 2 rings (SSSR count). The summed E-state index contributed by atoms with van der Waals surface area (Å²) in [5.41, 5.74) is 2.89. The lowest BCUT2D eigenvalue weighted by Crippen LogP contribution is -2.40. The van der Waals surface area contributed by atoms with Gasteiger partial charge in [0.05, 0.1) is 5.69 Å². The van der Waals surface area contributed by atoms with Gasteiger partial charge in [-0.2, -0.15) is 0 Å². The van der Waals surface area contributed by atoms with Crippen molar-refractivity contribution >= 4 is 17.5 Å². The van der Waals surface area contributed by atoms with Crippen molar-refractivity contribution in [2.75, 3.05) is 4.90 Å². The summed E-state index contributed by atoms with van der Waals surface area (Å²) >= 11 is 0. The number of para-hydroxylation sites is 1. The van der Waals surface area contributed by atoms with Gasteiger partial charge in [-0.25, -0.2) is 0 Å². The van der Waals surface area contributed by atoms with Gasteiger partial charge < -0.3 is 10.2 Å². The second-order valence-corrected chi connectivity index (χ2v) is 4.95. The molecule has 0 unspecified atom stereocenters. The van der Waals surface area contributed by atoms with E-state index in [0.29, 0.717) is 0 Å². The van der Waals surface area contributed by atoms with Gasteiger partial charge in [-0.1, -0.05) is 18.2 Å². The van der Waals surface area contributed by atoms with E-state index in [1.807, 2.05) is 39.0 Å². The molecule has 0 fully saturated rings. The first kappa shape index (κ1) is 12.6. The highest BCUT2D eigenvalue weighted by Gasteiger charge is 2.39. The third-order valence-corrected chi connectivity index (χ3v) is 3.17. The topological polar surface area (TPSA) is 49.4 Å². The fourth-order valence-electron chi connectivity index (χ4n) is 2.48. The van der Waals surface area contributed by atoms with Gasteiger partial charge in [-0.05, 0) is 26.3 Å². The maximum atomic E-state index is 12.4. The summed E-state index contributed by atoms with van der Waals surface area (Å²) < 4.78 is 0. The van der Waals surface area contributed by atoms with Crippen LogP contribution in [0.5, 0.6) is 0 Å². The third-order valence-electron chi connectivity index (χ3n) is 3.17. The summed E-state index contributed by atoms with van der Waals surface area (Å²) in [6, 6.07) is 5.34. The first-order chi connectivity index (χ1) is 8.43. The van der Waals surface area contributed by atoms with Crippen LogP contribution in [0.2, 0.25) is 0 Å². The van der Waals surface area contributed by atoms with Crippen molar-refractivity contribution in [2.24, 2.45) is 0 Å². The minimum Gasteiger partial charge on any atom is -0.341 e. The number of amides is 2. The maximum absolute atomic E-state index is 12.4. The van der Waals surface area contributed by atoms with E-state index >= 15 is 0 Å². The fraction of sp³-hybridized carbons (Fsp3) is 0.429. The highest BCUT2D eigenvalue weighted by Crippen LogP contribution is 2.39. The van der Waals surface area contributed by atoms with Crippen LogP contribution in [-0.2, 0) is 9.59 Å². The van der Waals surface area contributed by atoms with Gasteiger partial charge in [-0.3, -0.25) is 9.59 Å².